The largest absolute Gasteiger partial charge is 0.496 e. The van der Waals surface area contributed by atoms with Gasteiger partial charge in [0.1, 0.15) is 34.7 Å². The molecular weight excluding hydrogens is 901 g/mol. The van der Waals surface area contributed by atoms with Gasteiger partial charge in [-0.1, -0.05) is 112 Å². The van der Waals surface area contributed by atoms with Crippen LogP contribution < -0.4 is 14.2 Å². The first-order valence-corrected chi connectivity index (χ1v) is 21.2. The van der Waals surface area contributed by atoms with Crippen molar-refractivity contribution in [3.63, 3.8) is 0 Å². The quantitative estimate of drug-likeness (QED) is 0.0704. The van der Waals surface area contributed by atoms with Crippen LogP contribution in [0.5, 0.6) is 17.2 Å². The van der Waals surface area contributed by atoms with E-state index < -0.39 is 0 Å². The molecule has 7 aromatic rings. The number of aryl methyl sites for hydroxylation is 2. The number of pyridine rings is 2. The lowest BCUT2D eigenvalue weighted by Crippen LogP contribution is -2.09. The van der Waals surface area contributed by atoms with Gasteiger partial charge in [0.05, 0.1) is 31.8 Å². The molecule has 0 aliphatic heterocycles. The fourth-order valence-corrected chi connectivity index (χ4v) is 7.22. The number of carbonyl (C=O) groups is 2. The third-order valence-corrected chi connectivity index (χ3v) is 10.7. The number of esters is 1. The highest BCUT2D eigenvalue weighted by atomic mass is 35.5. The molecule has 0 saturated carbocycles. The Kier molecular flexibility index (Phi) is 22.0. The molecule has 0 atom stereocenters. The standard InChI is InChI=1S/C28H23ClFNO3.C24H23ClFNO2.2CH4.ClH/c1-33-25-14-11-21(28(30)27(25)20-6-5-7-22(29)17-20)16-19-10-12-23(31-18-19)13-15-26(32)34-24-8-3-2-4-9-24;1-3-21(28)11-10-20-9-7-16(15-27-20)13-18-8-12-22(29-2)23(24(18)26)17-5-4-6-19(25)14-17;;;/h2-12,14,17-18H,13,15-16H2,1H3;4-9,12,14-15H,3,10-11,13H2,1-2H3;2*1H4;1H. The molecule has 0 fully saturated rings. The Morgan fingerprint density at radius 3 is 1.47 bits per heavy atom. The minimum absolute atomic E-state index is 0. The number of para-hydroxylation sites is 1. The van der Waals surface area contributed by atoms with Gasteiger partial charge in [-0.05, 0) is 100 Å². The molecule has 5 aromatic carbocycles. The maximum Gasteiger partial charge on any atom is 0.311 e. The van der Waals surface area contributed by atoms with E-state index in [1.807, 2.05) is 55.5 Å². The Bertz CT molecular complexity index is 2650. The fraction of sp³-hybridized carbons (Fsp3) is 0.222. The third-order valence-electron chi connectivity index (χ3n) is 10.2. The number of benzene rings is 5. The van der Waals surface area contributed by atoms with Crippen LogP contribution in [0.3, 0.4) is 0 Å². The highest BCUT2D eigenvalue weighted by Crippen LogP contribution is 2.37. The van der Waals surface area contributed by atoms with E-state index in [1.54, 1.807) is 91.3 Å². The lowest BCUT2D eigenvalue weighted by Gasteiger charge is -2.14. The zero-order chi connectivity index (χ0) is 44.7. The Morgan fingerprint density at radius 1 is 0.591 bits per heavy atom. The summed E-state index contributed by atoms with van der Waals surface area (Å²) in [6.45, 7) is 1.86. The third kappa shape index (κ3) is 15.0. The van der Waals surface area contributed by atoms with Crippen LogP contribution in [0.15, 0.2) is 140 Å². The van der Waals surface area contributed by atoms with Crippen LogP contribution in [0.2, 0.25) is 10.0 Å². The topological polar surface area (TPSA) is 87.6 Å². The van der Waals surface area contributed by atoms with Gasteiger partial charge in [0.15, 0.2) is 0 Å². The molecule has 0 unspecified atom stereocenters. The molecule has 0 amide bonds. The zero-order valence-electron chi connectivity index (χ0n) is 35.6. The maximum absolute atomic E-state index is 15.5. The van der Waals surface area contributed by atoms with Gasteiger partial charge in [0.25, 0.3) is 0 Å². The minimum atomic E-state index is -0.352. The summed E-state index contributed by atoms with van der Waals surface area (Å²) < 4.78 is 46.9. The van der Waals surface area contributed by atoms with E-state index in [-0.39, 0.29) is 57.1 Å². The maximum atomic E-state index is 15.5. The van der Waals surface area contributed by atoms with Crippen molar-refractivity contribution in [3.05, 3.63) is 195 Å². The van der Waals surface area contributed by atoms with Crippen molar-refractivity contribution in [3.8, 4) is 39.5 Å². The van der Waals surface area contributed by atoms with E-state index >= 15 is 8.78 Å². The summed E-state index contributed by atoms with van der Waals surface area (Å²) in [7, 11) is 3.04. The molecule has 0 radical (unpaired) electrons. The molecule has 346 valence electrons. The van der Waals surface area contributed by atoms with Crippen LogP contribution in [0.1, 0.15) is 74.7 Å². The highest BCUT2D eigenvalue weighted by molar-refractivity contribution is 6.31. The van der Waals surface area contributed by atoms with E-state index in [0.29, 0.717) is 99.2 Å². The lowest BCUT2D eigenvalue weighted by molar-refractivity contribution is -0.134. The van der Waals surface area contributed by atoms with Crippen LogP contribution in [0.25, 0.3) is 22.3 Å². The van der Waals surface area contributed by atoms with Crippen LogP contribution in [0.4, 0.5) is 8.78 Å². The second-order valence-electron chi connectivity index (χ2n) is 14.6. The van der Waals surface area contributed by atoms with Gasteiger partial charge in [-0.25, -0.2) is 8.78 Å². The molecule has 0 aliphatic carbocycles. The molecule has 66 heavy (non-hydrogen) atoms. The zero-order valence-corrected chi connectivity index (χ0v) is 37.9. The molecule has 7 rings (SSSR count). The van der Waals surface area contributed by atoms with E-state index in [9.17, 15) is 9.59 Å². The van der Waals surface area contributed by atoms with Gasteiger partial charge >= 0.3 is 5.97 Å². The number of halogens is 5. The van der Waals surface area contributed by atoms with Crippen LogP contribution >= 0.6 is 35.6 Å². The molecule has 7 nitrogen and oxygen atoms in total. The molecule has 0 N–H and O–H groups in total. The Hall–Kier alpha value is -6.13. The first kappa shape index (κ1) is 54.2. The smallest absolute Gasteiger partial charge is 0.311 e. The molecule has 0 spiro atoms. The fourth-order valence-electron chi connectivity index (χ4n) is 6.84. The average Bonchev–Trinajstić information content (AvgIpc) is 3.30. The highest BCUT2D eigenvalue weighted by Gasteiger charge is 2.19. The molecule has 2 aromatic heterocycles. The Balaban J connectivity index is 0.000000339. The van der Waals surface area contributed by atoms with E-state index in [0.717, 1.165) is 22.5 Å². The van der Waals surface area contributed by atoms with Crippen LogP contribution in [-0.2, 0) is 35.3 Å². The molecule has 12 heteroatoms. The SMILES string of the molecule is C.C.CCC(=O)CCc1ccc(Cc2ccc(OC)c(-c3cccc(Cl)c3)c2F)cn1.COc1ccc(Cc2ccc(CCC(=O)Oc3ccccc3)nc2)c(F)c1-c1cccc(Cl)c1.Cl. The predicted molar refractivity (Wildman–Crippen MR) is 266 cm³/mol. The monoisotopic (exact) mass is 954 g/mol. The summed E-state index contributed by atoms with van der Waals surface area (Å²) in [5, 5.41) is 1.06. The average molecular weight is 956 g/mol. The lowest BCUT2D eigenvalue weighted by atomic mass is 9.97. The first-order valence-electron chi connectivity index (χ1n) is 20.4. The van der Waals surface area contributed by atoms with Crippen molar-refractivity contribution < 1.29 is 32.6 Å². The van der Waals surface area contributed by atoms with Crippen molar-refractivity contribution in [2.45, 2.75) is 66.7 Å². The Labute approximate surface area is 403 Å². The van der Waals surface area contributed by atoms with E-state index in [1.165, 1.54) is 14.2 Å². The van der Waals surface area contributed by atoms with E-state index in [2.05, 4.69) is 9.97 Å². The number of hydrogen-bond donors (Lipinski definition) is 0. The number of Topliss-reactive ketones (excluding diaryl/α,β-unsaturated/α-hetero) is 1. The number of nitrogens with zero attached hydrogens (tertiary/aromatic N) is 2. The molecule has 2 heterocycles. The number of aromatic nitrogens is 2. The summed E-state index contributed by atoms with van der Waals surface area (Å²) >= 11 is 12.2. The number of rotatable bonds is 16. The minimum Gasteiger partial charge on any atom is -0.496 e. The van der Waals surface area contributed by atoms with E-state index in [4.69, 9.17) is 37.4 Å². The number of ketones is 1. The first-order chi connectivity index (χ1) is 30.5. The van der Waals surface area contributed by atoms with Gasteiger partial charge in [0.2, 0.25) is 0 Å². The van der Waals surface area contributed by atoms with Gasteiger partial charge in [-0.2, -0.15) is 0 Å². The van der Waals surface area contributed by atoms with Crippen molar-refractivity contribution in [1.82, 2.24) is 9.97 Å². The normalized spacial score (nSPS) is 10.2. The summed E-state index contributed by atoms with van der Waals surface area (Å²) in [5.41, 5.74) is 6.57. The van der Waals surface area contributed by atoms with Crippen LogP contribution in [-0.4, -0.2) is 35.9 Å². The Morgan fingerprint density at radius 2 is 1.06 bits per heavy atom. The number of carbonyl (C=O) groups excluding carboxylic acids is 2. The summed E-state index contributed by atoms with van der Waals surface area (Å²) in [4.78, 5) is 32.4. The number of methoxy groups -OCH3 is 2. The second-order valence-corrected chi connectivity index (χ2v) is 15.5. The van der Waals surface area contributed by atoms with Gasteiger partial charge in [-0.15, -0.1) is 12.4 Å². The summed E-state index contributed by atoms with van der Waals surface area (Å²) in [6, 6.07) is 37.6. The van der Waals surface area contributed by atoms with Crippen molar-refractivity contribution in [2.75, 3.05) is 14.2 Å². The molecule has 0 aliphatic rings. The summed E-state index contributed by atoms with van der Waals surface area (Å²) in [5.74, 6) is 0.658. The molecule has 0 saturated heterocycles. The molecule has 0 bridgehead atoms. The van der Waals surface area contributed by atoms with Gasteiger partial charge < -0.3 is 14.2 Å². The number of ether oxygens (including phenoxy) is 3. The van der Waals surface area contributed by atoms with Gasteiger partial charge in [0, 0.05) is 65.9 Å². The second kappa shape index (κ2) is 26.7. The van der Waals surface area contributed by atoms with Crippen molar-refractivity contribution >= 4 is 47.4 Å². The van der Waals surface area contributed by atoms with Crippen molar-refractivity contribution in [1.29, 1.82) is 0 Å². The van der Waals surface area contributed by atoms with Gasteiger partial charge in [-0.3, -0.25) is 19.6 Å². The molecular formula is C54H55Cl3F2N2O5. The predicted octanol–water partition coefficient (Wildman–Crippen LogP) is 14.4. The number of hydrogen-bond acceptors (Lipinski definition) is 7. The van der Waals surface area contributed by atoms with Crippen molar-refractivity contribution in [2.24, 2.45) is 0 Å². The summed E-state index contributed by atoms with van der Waals surface area (Å²) in [6.07, 6.45) is 6.58. The van der Waals surface area contributed by atoms with Crippen LogP contribution in [0, 0.1) is 11.6 Å².